The first-order chi connectivity index (χ1) is 10.7. The molecule has 4 rings (SSSR count). The quantitative estimate of drug-likeness (QED) is 0.803. The van der Waals surface area contributed by atoms with E-state index in [1.807, 2.05) is 7.05 Å². The molecule has 6 nitrogen and oxygen atoms in total. The standard InChI is InChI=1S/C15H17N5OS/c1-19-14-10(8-16-19)15(21)18-13(17-14)9-20-6-2-4-11(20)12-5-3-7-22-12/h3,5,7-8,11H,2,4,6,9H2,1H3,(H,17,18,21)/t11-/m0/s1. The second-order valence-corrected chi connectivity index (χ2v) is 6.64. The Hall–Kier alpha value is -1.99. The Kier molecular flexibility index (Phi) is 3.31. The molecule has 0 unspecified atom stereocenters. The molecule has 0 amide bonds. The van der Waals surface area contributed by atoms with E-state index in [-0.39, 0.29) is 5.56 Å². The van der Waals surface area contributed by atoms with Gasteiger partial charge in [-0.3, -0.25) is 14.4 Å². The zero-order chi connectivity index (χ0) is 15.1. The highest BCUT2D eigenvalue weighted by Gasteiger charge is 2.27. The Morgan fingerprint density at radius 1 is 1.50 bits per heavy atom. The van der Waals surface area contributed by atoms with E-state index < -0.39 is 0 Å². The summed E-state index contributed by atoms with van der Waals surface area (Å²) in [6.45, 7) is 1.70. The summed E-state index contributed by atoms with van der Waals surface area (Å²) in [7, 11) is 1.81. The summed E-state index contributed by atoms with van der Waals surface area (Å²) < 4.78 is 1.65. The normalized spacial score (nSPS) is 19.2. The van der Waals surface area contributed by atoms with Gasteiger partial charge in [0, 0.05) is 18.0 Å². The number of thiophene rings is 1. The van der Waals surface area contributed by atoms with Crippen LogP contribution in [-0.4, -0.2) is 31.2 Å². The number of likely N-dealkylation sites (tertiary alicyclic amines) is 1. The lowest BCUT2D eigenvalue weighted by Gasteiger charge is -2.22. The number of fused-ring (bicyclic) bond motifs is 1. The van der Waals surface area contributed by atoms with E-state index in [2.05, 4.69) is 37.5 Å². The Balaban J connectivity index is 1.65. The van der Waals surface area contributed by atoms with Crippen LogP contribution in [-0.2, 0) is 13.6 Å². The minimum absolute atomic E-state index is 0.111. The number of nitrogens with one attached hydrogen (secondary N) is 1. The lowest BCUT2D eigenvalue weighted by atomic mass is 10.2. The minimum Gasteiger partial charge on any atom is -0.309 e. The third kappa shape index (κ3) is 2.26. The van der Waals surface area contributed by atoms with Crippen LogP contribution >= 0.6 is 11.3 Å². The molecule has 114 valence electrons. The van der Waals surface area contributed by atoms with Crippen molar-refractivity contribution in [3.8, 4) is 0 Å². The topological polar surface area (TPSA) is 66.8 Å². The van der Waals surface area contributed by atoms with Gasteiger partial charge in [0.05, 0.1) is 12.7 Å². The van der Waals surface area contributed by atoms with Gasteiger partial charge in [0.25, 0.3) is 5.56 Å². The molecule has 0 aliphatic carbocycles. The molecule has 0 spiro atoms. The van der Waals surface area contributed by atoms with E-state index in [0.717, 1.165) is 6.54 Å². The molecule has 0 radical (unpaired) electrons. The number of aromatic amines is 1. The molecule has 0 aromatic carbocycles. The van der Waals surface area contributed by atoms with Gasteiger partial charge < -0.3 is 4.98 Å². The van der Waals surface area contributed by atoms with Gasteiger partial charge in [0.1, 0.15) is 11.2 Å². The molecule has 1 N–H and O–H groups in total. The third-order valence-electron chi connectivity index (χ3n) is 4.24. The third-order valence-corrected chi connectivity index (χ3v) is 5.21. The van der Waals surface area contributed by atoms with E-state index in [9.17, 15) is 4.79 Å². The number of aryl methyl sites for hydroxylation is 1. The Labute approximate surface area is 131 Å². The van der Waals surface area contributed by atoms with Crippen LogP contribution in [0.5, 0.6) is 0 Å². The SMILES string of the molecule is Cn1ncc2c(=O)[nH]c(CN3CCC[C@H]3c3cccs3)nc21. The van der Waals surface area contributed by atoms with Crippen LogP contribution in [0.2, 0.25) is 0 Å². The molecule has 4 heterocycles. The minimum atomic E-state index is -0.111. The number of nitrogens with zero attached hydrogens (tertiary/aromatic N) is 4. The Morgan fingerprint density at radius 2 is 2.41 bits per heavy atom. The molecule has 7 heteroatoms. The van der Waals surface area contributed by atoms with Crippen LogP contribution in [0.1, 0.15) is 29.6 Å². The van der Waals surface area contributed by atoms with Gasteiger partial charge in [-0.2, -0.15) is 5.10 Å². The Bertz CT molecular complexity index is 851. The lowest BCUT2D eigenvalue weighted by molar-refractivity contribution is 0.245. The largest absolute Gasteiger partial charge is 0.309 e. The monoisotopic (exact) mass is 315 g/mol. The molecule has 1 atom stereocenters. The fourth-order valence-corrected chi connectivity index (χ4v) is 4.06. The van der Waals surface area contributed by atoms with Gasteiger partial charge in [-0.05, 0) is 30.8 Å². The predicted octanol–water partition coefficient (Wildman–Crippen LogP) is 2.06. The molecule has 1 aliphatic heterocycles. The predicted molar refractivity (Wildman–Crippen MR) is 85.8 cm³/mol. The van der Waals surface area contributed by atoms with Gasteiger partial charge in [0.2, 0.25) is 0 Å². The molecule has 3 aromatic rings. The van der Waals surface area contributed by atoms with E-state index >= 15 is 0 Å². The van der Waals surface area contributed by atoms with Crippen molar-refractivity contribution in [2.45, 2.75) is 25.4 Å². The smallest absolute Gasteiger partial charge is 0.262 e. The fourth-order valence-electron chi connectivity index (χ4n) is 3.16. The van der Waals surface area contributed by atoms with Crippen molar-refractivity contribution < 1.29 is 0 Å². The maximum absolute atomic E-state index is 12.1. The second kappa shape index (κ2) is 5.33. The van der Waals surface area contributed by atoms with Crippen LogP contribution < -0.4 is 5.56 Å². The van der Waals surface area contributed by atoms with Crippen LogP contribution in [0, 0.1) is 0 Å². The fraction of sp³-hybridized carbons (Fsp3) is 0.400. The summed E-state index contributed by atoms with van der Waals surface area (Å²) in [6.07, 6.45) is 3.91. The van der Waals surface area contributed by atoms with Crippen molar-refractivity contribution in [1.29, 1.82) is 0 Å². The van der Waals surface area contributed by atoms with Crippen molar-refractivity contribution in [2.75, 3.05) is 6.54 Å². The second-order valence-electron chi connectivity index (χ2n) is 5.66. The summed E-state index contributed by atoms with van der Waals surface area (Å²) in [5.74, 6) is 0.713. The maximum atomic E-state index is 12.1. The molecule has 1 aliphatic rings. The van der Waals surface area contributed by atoms with E-state index in [0.29, 0.717) is 29.4 Å². The molecule has 3 aromatic heterocycles. The highest BCUT2D eigenvalue weighted by molar-refractivity contribution is 7.10. The highest BCUT2D eigenvalue weighted by Crippen LogP contribution is 2.35. The summed E-state index contributed by atoms with van der Waals surface area (Å²) in [5.41, 5.74) is 0.533. The average Bonchev–Trinajstić information content (AvgIpc) is 3.20. The first-order valence-corrected chi connectivity index (χ1v) is 8.28. The number of aromatic nitrogens is 4. The van der Waals surface area contributed by atoms with Crippen molar-refractivity contribution in [1.82, 2.24) is 24.6 Å². The number of H-pyrrole nitrogens is 1. The van der Waals surface area contributed by atoms with Crippen molar-refractivity contribution in [3.05, 3.63) is 44.8 Å². The molecule has 0 saturated carbocycles. The Morgan fingerprint density at radius 3 is 3.23 bits per heavy atom. The van der Waals surface area contributed by atoms with E-state index in [4.69, 9.17) is 0 Å². The number of hydrogen-bond acceptors (Lipinski definition) is 5. The molecular weight excluding hydrogens is 298 g/mol. The van der Waals surface area contributed by atoms with Crippen LogP contribution in [0.15, 0.2) is 28.5 Å². The average molecular weight is 315 g/mol. The van der Waals surface area contributed by atoms with Crippen molar-refractivity contribution in [2.24, 2.45) is 7.05 Å². The van der Waals surface area contributed by atoms with Gasteiger partial charge in [-0.15, -0.1) is 11.3 Å². The molecule has 1 saturated heterocycles. The van der Waals surface area contributed by atoms with Crippen molar-refractivity contribution >= 4 is 22.4 Å². The number of rotatable bonds is 3. The summed E-state index contributed by atoms with van der Waals surface area (Å²) in [5, 5.41) is 6.77. The van der Waals surface area contributed by atoms with Crippen LogP contribution in [0.3, 0.4) is 0 Å². The van der Waals surface area contributed by atoms with Crippen LogP contribution in [0.4, 0.5) is 0 Å². The molecule has 0 bridgehead atoms. The van der Waals surface area contributed by atoms with Crippen molar-refractivity contribution in [3.63, 3.8) is 0 Å². The van der Waals surface area contributed by atoms with Gasteiger partial charge in [-0.25, -0.2) is 4.98 Å². The zero-order valence-electron chi connectivity index (χ0n) is 12.3. The summed E-state index contributed by atoms with van der Waals surface area (Å²) in [4.78, 5) is 23.4. The zero-order valence-corrected chi connectivity index (χ0v) is 13.1. The first-order valence-electron chi connectivity index (χ1n) is 7.41. The summed E-state index contributed by atoms with van der Waals surface area (Å²) >= 11 is 1.80. The van der Waals surface area contributed by atoms with Gasteiger partial charge >= 0.3 is 0 Å². The number of hydrogen-bond donors (Lipinski definition) is 1. The molecule has 1 fully saturated rings. The lowest BCUT2D eigenvalue weighted by Crippen LogP contribution is -2.25. The maximum Gasteiger partial charge on any atom is 0.262 e. The molecular formula is C15H17N5OS. The van der Waals surface area contributed by atoms with Gasteiger partial charge in [0.15, 0.2) is 5.65 Å². The van der Waals surface area contributed by atoms with E-state index in [1.54, 1.807) is 22.2 Å². The summed E-state index contributed by atoms with van der Waals surface area (Å²) in [6, 6.07) is 4.72. The molecule has 22 heavy (non-hydrogen) atoms. The highest BCUT2D eigenvalue weighted by atomic mass is 32.1. The van der Waals surface area contributed by atoms with Gasteiger partial charge in [-0.1, -0.05) is 6.07 Å². The van der Waals surface area contributed by atoms with E-state index in [1.165, 1.54) is 17.7 Å². The first kappa shape index (κ1) is 13.7. The van der Waals surface area contributed by atoms with Crippen LogP contribution in [0.25, 0.3) is 11.0 Å².